The number of aromatic hydroxyl groups is 1. The van der Waals surface area contributed by atoms with Crippen LogP contribution in [-0.2, 0) is 17.8 Å². The molecule has 13 heteroatoms. The second-order valence-corrected chi connectivity index (χ2v) is 16.5. The Morgan fingerprint density at radius 1 is 0.820 bits per heavy atom. The topological polar surface area (TPSA) is 109 Å². The molecule has 2 aliphatic rings. The second kappa shape index (κ2) is 17.0. The van der Waals surface area contributed by atoms with Crippen molar-refractivity contribution in [1.29, 1.82) is 0 Å². The standard InChI is InChI=1S/C48H42F3N5O4S/c49-48(50,51)60-43-13-7-5-11-40(43)46(59)52-28-35-27-42-39-10-4-6-12-41(39)53-47(56(42)54-35)61-29-44(58)55-24-22-31(23-25-55)30-14-16-33(17-15-30)45-37(32-8-2-1-3-9-32)20-18-34-26-36(57)19-21-38(34)45/h1-17,19,21,26-27,31,37,45,57H,18,20,22-25,28-29H2,(H,52,59). The summed E-state index contributed by atoms with van der Waals surface area (Å²) in [6.07, 6.45) is -1.30. The number of amides is 2. The van der Waals surface area contributed by atoms with Crippen LogP contribution in [0.25, 0.3) is 16.4 Å². The van der Waals surface area contributed by atoms with Gasteiger partial charge in [0.25, 0.3) is 5.91 Å². The first kappa shape index (κ1) is 40.1. The third-order valence-corrected chi connectivity index (χ3v) is 12.8. The van der Waals surface area contributed by atoms with E-state index in [4.69, 9.17) is 4.98 Å². The number of nitrogens with one attached hydrogen (secondary N) is 1. The van der Waals surface area contributed by atoms with Crippen LogP contribution >= 0.6 is 11.8 Å². The number of carbonyl (C=O) groups is 2. The first-order chi connectivity index (χ1) is 29.6. The summed E-state index contributed by atoms with van der Waals surface area (Å²) in [5, 5.41) is 18.9. The Morgan fingerprint density at radius 2 is 1.54 bits per heavy atom. The summed E-state index contributed by atoms with van der Waals surface area (Å²) < 4.78 is 44.6. The largest absolute Gasteiger partial charge is 0.573 e. The fraction of sp³-hybridized carbons (Fsp3) is 0.250. The molecular weight excluding hydrogens is 800 g/mol. The number of para-hydroxylation sites is 2. The molecule has 9 nitrogen and oxygen atoms in total. The Bertz CT molecular complexity index is 2720. The quantitative estimate of drug-likeness (QED) is 0.104. The predicted molar refractivity (Wildman–Crippen MR) is 228 cm³/mol. The number of carbonyl (C=O) groups excluding carboxylic acids is 2. The summed E-state index contributed by atoms with van der Waals surface area (Å²) in [5.41, 5.74) is 7.99. The van der Waals surface area contributed by atoms with Gasteiger partial charge < -0.3 is 20.1 Å². The number of hydrogen-bond acceptors (Lipinski definition) is 7. The van der Waals surface area contributed by atoms with Crippen molar-refractivity contribution in [3.05, 3.63) is 166 Å². The van der Waals surface area contributed by atoms with E-state index in [1.54, 1.807) is 16.6 Å². The minimum absolute atomic E-state index is 0.00949. The molecule has 1 saturated heterocycles. The fourth-order valence-electron chi connectivity index (χ4n) is 8.95. The summed E-state index contributed by atoms with van der Waals surface area (Å²) in [5.74, 6) is -0.0146. The molecule has 0 radical (unpaired) electrons. The summed E-state index contributed by atoms with van der Waals surface area (Å²) in [6, 6.07) is 40.1. The van der Waals surface area contributed by atoms with Gasteiger partial charge in [-0.1, -0.05) is 103 Å². The van der Waals surface area contributed by atoms with Crippen molar-refractivity contribution in [3.63, 3.8) is 0 Å². The fourth-order valence-corrected chi connectivity index (χ4v) is 9.81. The van der Waals surface area contributed by atoms with Gasteiger partial charge in [-0.2, -0.15) is 5.10 Å². The lowest BCUT2D eigenvalue weighted by Gasteiger charge is -2.35. The smallest absolute Gasteiger partial charge is 0.508 e. The normalized spacial score (nSPS) is 17.0. The van der Waals surface area contributed by atoms with E-state index in [9.17, 15) is 27.9 Å². The van der Waals surface area contributed by atoms with Gasteiger partial charge in [0, 0.05) is 24.4 Å². The Labute approximate surface area is 354 Å². The van der Waals surface area contributed by atoms with E-state index in [0.29, 0.717) is 47.0 Å². The van der Waals surface area contributed by atoms with E-state index in [1.165, 1.54) is 57.8 Å². The van der Waals surface area contributed by atoms with Crippen molar-refractivity contribution in [1.82, 2.24) is 24.8 Å². The molecule has 2 amide bonds. The minimum atomic E-state index is -4.95. The number of phenolic OH excluding ortho intramolecular Hbond substituents is 1. The van der Waals surface area contributed by atoms with Gasteiger partial charge in [-0.15, -0.1) is 13.2 Å². The Hall–Kier alpha value is -6.34. The van der Waals surface area contributed by atoms with Gasteiger partial charge in [0.2, 0.25) is 5.91 Å². The number of phenols is 1. The second-order valence-electron chi connectivity index (χ2n) is 15.6. The summed E-state index contributed by atoms with van der Waals surface area (Å²) in [4.78, 5) is 33.3. The first-order valence-corrected chi connectivity index (χ1v) is 21.3. The molecule has 9 rings (SSSR count). The monoisotopic (exact) mass is 841 g/mol. The van der Waals surface area contributed by atoms with Gasteiger partial charge in [0.05, 0.1) is 34.6 Å². The number of piperidine rings is 1. The van der Waals surface area contributed by atoms with Crippen molar-refractivity contribution in [2.24, 2.45) is 0 Å². The summed E-state index contributed by atoms with van der Waals surface area (Å²) in [6.45, 7) is 1.22. The molecular formula is C48H42F3N5O4S. The number of fused-ring (bicyclic) bond motifs is 4. The van der Waals surface area contributed by atoms with Crippen LogP contribution in [-0.4, -0.2) is 61.6 Å². The number of aromatic nitrogens is 3. The molecule has 1 aliphatic heterocycles. The number of rotatable bonds is 10. The lowest BCUT2D eigenvalue weighted by Crippen LogP contribution is -2.39. The Kier molecular flexibility index (Phi) is 11.1. The third kappa shape index (κ3) is 8.65. The highest BCUT2D eigenvalue weighted by Crippen LogP contribution is 2.47. The first-order valence-electron chi connectivity index (χ1n) is 20.4. The molecule has 5 aromatic carbocycles. The van der Waals surface area contributed by atoms with Crippen molar-refractivity contribution < 1.29 is 32.6 Å². The molecule has 3 heterocycles. The molecule has 0 spiro atoms. The highest BCUT2D eigenvalue weighted by atomic mass is 32.2. The van der Waals surface area contributed by atoms with Crippen LogP contribution in [0, 0.1) is 0 Å². The van der Waals surface area contributed by atoms with Crippen LogP contribution in [0.4, 0.5) is 13.2 Å². The van der Waals surface area contributed by atoms with E-state index in [1.807, 2.05) is 35.2 Å². The number of hydrogen-bond donors (Lipinski definition) is 2. The van der Waals surface area contributed by atoms with E-state index in [0.717, 1.165) is 42.7 Å². The number of likely N-dealkylation sites (tertiary alicyclic amines) is 1. The van der Waals surface area contributed by atoms with Crippen LogP contribution < -0.4 is 10.1 Å². The molecule has 7 aromatic rings. The minimum Gasteiger partial charge on any atom is -0.508 e. The maximum Gasteiger partial charge on any atom is 0.573 e. The Balaban J connectivity index is 0.850. The molecule has 0 bridgehead atoms. The van der Waals surface area contributed by atoms with Crippen molar-refractivity contribution >= 4 is 40.0 Å². The number of nitrogens with zero attached hydrogens (tertiary/aromatic N) is 4. The molecule has 2 unspecified atom stereocenters. The molecule has 0 saturated carbocycles. The Morgan fingerprint density at radius 3 is 2.33 bits per heavy atom. The van der Waals surface area contributed by atoms with Crippen molar-refractivity contribution in [2.45, 2.75) is 61.5 Å². The van der Waals surface area contributed by atoms with Crippen LogP contribution in [0.3, 0.4) is 0 Å². The van der Waals surface area contributed by atoms with Gasteiger partial charge in [0.1, 0.15) is 11.5 Å². The zero-order valence-corrected chi connectivity index (χ0v) is 33.8. The van der Waals surface area contributed by atoms with Gasteiger partial charge in [-0.3, -0.25) is 9.59 Å². The highest BCUT2D eigenvalue weighted by Gasteiger charge is 2.34. The summed E-state index contributed by atoms with van der Waals surface area (Å²) in [7, 11) is 0. The van der Waals surface area contributed by atoms with Gasteiger partial charge >= 0.3 is 6.36 Å². The van der Waals surface area contributed by atoms with E-state index in [-0.39, 0.29) is 29.7 Å². The predicted octanol–water partition coefficient (Wildman–Crippen LogP) is 9.78. The van der Waals surface area contributed by atoms with E-state index < -0.39 is 18.0 Å². The van der Waals surface area contributed by atoms with E-state index >= 15 is 0 Å². The molecule has 2 aromatic heterocycles. The van der Waals surface area contributed by atoms with Crippen LogP contribution in [0.1, 0.15) is 80.9 Å². The molecule has 1 fully saturated rings. The average molecular weight is 842 g/mol. The number of halogens is 3. The molecule has 61 heavy (non-hydrogen) atoms. The molecule has 1 aliphatic carbocycles. The number of thioether (sulfide) groups is 1. The lowest BCUT2D eigenvalue weighted by molar-refractivity contribution is -0.274. The lowest BCUT2D eigenvalue weighted by atomic mass is 9.69. The number of benzene rings is 5. The maximum atomic E-state index is 13.6. The third-order valence-electron chi connectivity index (χ3n) is 11.9. The maximum absolute atomic E-state index is 13.6. The van der Waals surface area contributed by atoms with Crippen molar-refractivity contribution in [3.8, 4) is 11.5 Å². The number of alkyl halides is 3. The highest BCUT2D eigenvalue weighted by molar-refractivity contribution is 7.99. The SMILES string of the molecule is O=C(NCc1cc2c3ccccc3nc(SCC(=O)N3CCC(c4ccc(C5c6ccc(O)cc6CCC5c5ccccc5)cc4)CC3)n2n1)c1ccccc1OC(F)(F)F. The number of aryl methyl sites for hydroxylation is 1. The molecule has 310 valence electrons. The average Bonchev–Trinajstić information content (AvgIpc) is 3.72. The van der Waals surface area contributed by atoms with Crippen LogP contribution in [0.2, 0.25) is 0 Å². The van der Waals surface area contributed by atoms with Crippen LogP contribution in [0.15, 0.2) is 133 Å². The molecule has 2 atom stereocenters. The summed E-state index contributed by atoms with van der Waals surface area (Å²) >= 11 is 1.29. The van der Waals surface area contributed by atoms with Crippen molar-refractivity contribution in [2.75, 3.05) is 18.8 Å². The van der Waals surface area contributed by atoms with E-state index in [2.05, 4.69) is 75.8 Å². The van der Waals surface area contributed by atoms with Gasteiger partial charge in [0.15, 0.2) is 5.16 Å². The zero-order chi connectivity index (χ0) is 42.1. The zero-order valence-electron chi connectivity index (χ0n) is 33.0. The van der Waals surface area contributed by atoms with Gasteiger partial charge in [-0.25, -0.2) is 9.50 Å². The van der Waals surface area contributed by atoms with Gasteiger partial charge in [-0.05, 0) is 102 Å². The van der Waals surface area contributed by atoms with Crippen LogP contribution in [0.5, 0.6) is 11.5 Å². The molecule has 2 N–H and O–H groups in total. The number of ether oxygens (including phenoxy) is 1.